The number of hydrogen-bond donors (Lipinski definition) is 2. The van der Waals surface area contributed by atoms with Gasteiger partial charge in [-0.1, -0.05) is 12.1 Å². The summed E-state index contributed by atoms with van der Waals surface area (Å²) in [6.45, 7) is 4.04. The van der Waals surface area contributed by atoms with E-state index in [1.54, 1.807) is 26.0 Å². The van der Waals surface area contributed by atoms with Crippen LogP contribution in [0.15, 0.2) is 29.2 Å². The van der Waals surface area contributed by atoms with Crippen LogP contribution in [0.2, 0.25) is 0 Å². The number of nitrogens with zero attached hydrogens (tertiary/aromatic N) is 1. The Balaban J connectivity index is 1.76. The smallest absolute Gasteiger partial charge is 0.321 e. The number of carbonyl (C=O) groups is 3. The van der Waals surface area contributed by atoms with E-state index in [0.717, 1.165) is 18.4 Å². The fourth-order valence-electron chi connectivity index (χ4n) is 2.83. The van der Waals surface area contributed by atoms with Crippen molar-refractivity contribution in [1.29, 1.82) is 0 Å². The largest absolute Gasteiger partial charge is 0.456 e. The molecule has 1 aromatic carbocycles. The molecule has 2 rings (SSSR count). The third kappa shape index (κ3) is 7.13. The fraction of sp³-hybridized carbons (Fsp3) is 0.526. The number of amides is 3. The Morgan fingerprint density at radius 2 is 1.72 bits per heavy atom. The van der Waals surface area contributed by atoms with Crippen LogP contribution in [-0.2, 0) is 30.8 Å². The van der Waals surface area contributed by atoms with E-state index in [1.807, 2.05) is 0 Å². The SMILES string of the molecule is CC(C)NC(=O)NC(=O)COC(=O)CCc1ccc(S(=O)(=O)N2CCCC2)cc1. The molecular weight excluding hydrogens is 398 g/mol. The number of hydrogen-bond acceptors (Lipinski definition) is 6. The molecule has 0 spiro atoms. The molecule has 0 bridgehead atoms. The van der Waals surface area contributed by atoms with Gasteiger partial charge in [0.2, 0.25) is 10.0 Å². The average molecular weight is 426 g/mol. The van der Waals surface area contributed by atoms with Crippen LogP contribution in [-0.4, -0.2) is 56.4 Å². The molecule has 0 aliphatic carbocycles. The third-order valence-corrected chi connectivity index (χ3v) is 6.19. The van der Waals surface area contributed by atoms with E-state index in [-0.39, 0.29) is 17.4 Å². The Morgan fingerprint density at radius 3 is 2.31 bits per heavy atom. The van der Waals surface area contributed by atoms with Gasteiger partial charge in [-0.25, -0.2) is 13.2 Å². The number of nitrogens with one attached hydrogen (secondary N) is 2. The van der Waals surface area contributed by atoms with Crippen molar-refractivity contribution in [2.45, 2.75) is 50.5 Å². The number of carbonyl (C=O) groups excluding carboxylic acids is 3. The van der Waals surface area contributed by atoms with Crippen LogP contribution in [0.3, 0.4) is 0 Å². The number of imide groups is 1. The second-order valence-corrected chi connectivity index (χ2v) is 9.03. The molecule has 1 saturated heterocycles. The highest BCUT2D eigenvalue weighted by Crippen LogP contribution is 2.21. The summed E-state index contributed by atoms with van der Waals surface area (Å²) in [5.41, 5.74) is 0.781. The molecule has 0 atom stereocenters. The number of sulfonamides is 1. The Labute approximate surface area is 170 Å². The van der Waals surface area contributed by atoms with E-state index >= 15 is 0 Å². The first kappa shape index (κ1) is 22.8. The summed E-state index contributed by atoms with van der Waals surface area (Å²) in [5, 5.41) is 4.54. The van der Waals surface area contributed by atoms with E-state index < -0.39 is 34.5 Å². The van der Waals surface area contributed by atoms with E-state index in [4.69, 9.17) is 4.74 Å². The van der Waals surface area contributed by atoms with Gasteiger partial charge in [0.05, 0.1) is 4.90 Å². The van der Waals surface area contributed by atoms with Gasteiger partial charge in [0, 0.05) is 25.6 Å². The quantitative estimate of drug-likeness (QED) is 0.603. The Bertz CT molecular complexity index is 830. The summed E-state index contributed by atoms with van der Waals surface area (Å²) in [6.07, 6.45) is 2.13. The van der Waals surface area contributed by atoms with Gasteiger partial charge in [-0.15, -0.1) is 0 Å². The molecule has 0 saturated carbocycles. The zero-order valence-electron chi connectivity index (χ0n) is 16.6. The zero-order chi connectivity index (χ0) is 21.4. The molecule has 29 heavy (non-hydrogen) atoms. The van der Waals surface area contributed by atoms with Gasteiger partial charge in [0.1, 0.15) is 0 Å². The Hall–Kier alpha value is -2.46. The topological polar surface area (TPSA) is 122 Å². The molecule has 0 aromatic heterocycles. The summed E-state index contributed by atoms with van der Waals surface area (Å²) in [5.74, 6) is -1.30. The van der Waals surface area contributed by atoms with Gasteiger partial charge in [-0.05, 0) is 50.8 Å². The molecule has 1 aromatic rings. The number of esters is 1. The highest BCUT2D eigenvalue weighted by molar-refractivity contribution is 7.89. The molecular formula is C19H27N3O6S. The zero-order valence-corrected chi connectivity index (χ0v) is 17.5. The average Bonchev–Trinajstić information content (AvgIpc) is 3.20. The second-order valence-electron chi connectivity index (χ2n) is 7.09. The van der Waals surface area contributed by atoms with E-state index in [9.17, 15) is 22.8 Å². The van der Waals surface area contributed by atoms with Gasteiger partial charge in [0.25, 0.3) is 5.91 Å². The summed E-state index contributed by atoms with van der Waals surface area (Å²) in [6, 6.07) is 5.63. The normalized spacial score (nSPS) is 14.6. The summed E-state index contributed by atoms with van der Waals surface area (Å²) in [7, 11) is -3.46. The van der Waals surface area contributed by atoms with Crippen molar-refractivity contribution in [3.05, 3.63) is 29.8 Å². The van der Waals surface area contributed by atoms with Gasteiger partial charge in [-0.3, -0.25) is 14.9 Å². The second kappa shape index (κ2) is 10.4. The molecule has 1 aliphatic heterocycles. The molecule has 1 heterocycles. The standard InChI is InChI=1S/C19H27N3O6S/c1-14(2)20-19(25)21-17(23)13-28-18(24)10-7-15-5-8-16(9-6-15)29(26,27)22-11-3-4-12-22/h5-6,8-9,14H,3-4,7,10-13H2,1-2H3,(H2,20,21,23,25). The first-order valence-corrected chi connectivity index (χ1v) is 11.0. The van der Waals surface area contributed by atoms with Crippen molar-refractivity contribution < 1.29 is 27.5 Å². The molecule has 1 fully saturated rings. The third-order valence-electron chi connectivity index (χ3n) is 4.28. The summed E-state index contributed by atoms with van der Waals surface area (Å²) < 4.78 is 31.3. The fourth-order valence-corrected chi connectivity index (χ4v) is 4.35. The number of rotatable bonds is 8. The lowest BCUT2D eigenvalue weighted by Gasteiger charge is -2.15. The van der Waals surface area contributed by atoms with Gasteiger partial charge in [-0.2, -0.15) is 4.31 Å². The molecule has 0 radical (unpaired) electrons. The van der Waals surface area contributed by atoms with Crippen molar-refractivity contribution in [3.63, 3.8) is 0 Å². The maximum Gasteiger partial charge on any atom is 0.321 e. The van der Waals surface area contributed by atoms with Gasteiger partial charge in [0.15, 0.2) is 6.61 Å². The number of ether oxygens (including phenoxy) is 1. The Morgan fingerprint density at radius 1 is 1.10 bits per heavy atom. The van der Waals surface area contributed by atoms with E-state index in [0.29, 0.717) is 19.5 Å². The van der Waals surface area contributed by atoms with Crippen LogP contribution < -0.4 is 10.6 Å². The van der Waals surface area contributed by atoms with Crippen LogP contribution in [0.25, 0.3) is 0 Å². The molecule has 9 nitrogen and oxygen atoms in total. The maximum atomic E-state index is 12.5. The molecule has 10 heteroatoms. The number of benzene rings is 1. The first-order chi connectivity index (χ1) is 13.7. The summed E-state index contributed by atoms with van der Waals surface area (Å²) in [4.78, 5) is 34.9. The lowest BCUT2D eigenvalue weighted by atomic mass is 10.1. The van der Waals surface area contributed by atoms with Crippen LogP contribution >= 0.6 is 0 Å². The predicted molar refractivity (Wildman–Crippen MR) is 106 cm³/mol. The monoisotopic (exact) mass is 425 g/mol. The van der Waals surface area contributed by atoms with Crippen molar-refractivity contribution >= 4 is 27.9 Å². The van der Waals surface area contributed by atoms with Crippen LogP contribution in [0.5, 0.6) is 0 Å². The predicted octanol–water partition coefficient (Wildman–Crippen LogP) is 1.18. The molecule has 0 unspecified atom stereocenters. The molecule has 3 amide bonds. The Kier molecular flexibility index (Phi) is 8.15. The van der Waals surface area contributed by atoms with Crippen LogP contribution in [0, 0.1) is 0 Å². The lowest BCUT2D eigenvalue weighted by Crippen LogP contribution is -2.44. The van der Waals surface area contributed by atoms with E-state index in [2.05, 4.69) is 10.6 Å². The van der Waals surface area contributed by atoms with Gasteiger partial charge >= 0.3 is 12.0 Å². The van der Waals surface area contributed by atoms with Gasteiger partial charge < -0.3 is 10.1 Å². The van der Waals surface area contributed by atoms with Crippen molar-refractivity contribution in [2.75, 3.05) is 19.7 Å². The molecule has 2 N–H and O–H groups in total. The van der Waals surface area contributed by atoms with Crippen molar-refractivity contribution in [3.8, 4) is 0 Å². The number of aryl methyl sites for hydroxylation is 1. The number of urea groups is 1. The molecule has 160 valence electrons. The van der Waals surface area contributed by atoms with Crippen molar-refractivity contribution in [2.24, 2.45) is 0 Å². The minimum atomic E-state index is -3.46. The van der Waals surface area contributed by atoms with Crippen LogP contribution in [0.1, 0.15) is 38.7 Å². The molecule has 1 aliphatic rings. The lowest BCUT2D eigenvalue weighted by molar-refractivity contribution is -0.148. The first-order valence-electron chi connectivity index (χ1n) is 9.53. The van der Waals surface area contributed by atoms with Crippen molar-refractivity contribution in [1.82, 2.24) is 14.9 Å². The minimum Gasteiger partial charge on any atom is -0.456 e. The highest BCUT2D eigenvalue weighted by Gasteiger charge is 2.26. The summed E-state index contributed by atoms with van der Waals surface area (Å²) >= 11 is 0. The van der Waals surface area contributed by atoms with Crippen LogP contribution in [0.4, 0.5) is 4.79 Å². The minimum absolute atomic E-state index is 0.0314. The maximum absolute atomic E-state index is 12.5. The highest BCUT2D eigenvalue weighted by atomic mass is 32.2. The van der Waals surface area contributed by atoms with E-state index in [1.165, 1.54) is 16.4 Å².